The van der Waals surface area contributed by atoms with Crippen molar-refractivity contribution in [2.75, 3.05) is 54.8 Å². The Hall–Kier alpha value is -2.45. The Balaban J connectivity index is 1.35. The van der Waals surface area contributed by atoms with Crippen LogP contribution in [-0.2, 0) is 0 Å². The number of aromatic nitrogens is 2. The second-order valence-electron chi connectivity index (χ2n) is 7.12. The van der Waals surface area contributed by atoms with Gasteiger partial charge < -0.3 is 20.6 Å². The van der Waals surface area contributed by atoms with Crippen LogP contribution in [0.15, 0.2) is 36.5 Å². The molecule has 2 aromatic rings. The van der Waals surface area contributed by atoms with E-state index in [-0.39, 0.29) is 17.8 Å². The van der Waals surface area contributed by atoms with E-state index in [0.717, 1.165) is 45.0 Å². The molecule has 3 N–H and O–H groups in total. The Morgan fingerprint density at radius 1 is 1.04 bits per heavy atom. The van der Waals surface area contributed by atoms with Gasteiger partial charge in [0.2, 0.25) is 5.95 Å². The molecular formula is C19H25FN6O. The quantitative estimate of drug-likeness (QED) is 0.830. The minimum Gasteiger partial charge on any atom is -0.390 e. The molecule has 2 saturated heterocycles. The second-order valence-corrected chi connectivity index (χ2v) is 7.12. The van der Waals surface area contributed by atoms with Crippen LogP contribution in [0.25, 0.3) is 0 Å². The number of aliphatic hydroxyl groups is 1. The van der Waals surface area contributed by atoms with E-state index < -0.39 is 6.10 Å². The van der Waals surface area contributed by atoms with Crippen molar-refractivity contribution in [2.24, 2.45) is 0 Å². The number of anilines is 3. The lowest BCUT2D eigenvalue weighted by atomic mass is 9.99. The summed E-state index contributed by atoms with van der Waals surface area (Å²) in [5, 5.41) is 10.7. The molecule has 0 amide bonds. The monoisotopic (exact) mass is 372 g/mol. The van der Waals surface area contributed by atoms with Gasteiger partial charge in [0.1, 0.15) is 11.6 Å². The van der Waals surface area contributed by atoms with Gasteiger partial charge in [0.25, 0.3) is 0 Å². The van der Waals surface area contributed by atoms with E-state index in [1.165, 1.54) is 6.07 Å². The Morgan fingerprint density at radius 2 is 1.81 bits per heavy atom. The third-order valence-corrected chi connectivity index (χ3v) is 5.51. The van der Waals surface area contributed by atoms with Gasteiger partial charge in [0.15, 0.2) is 0 Å². The number of rotatable bonds is 3. The molecule has 144 valence electrons. The van der Waals surface area contributed by atoms with Crippen molar-refractivity contribution < 1.29 is 9.50 Å². The minimum absolute atomic E-state index is 0.114. The van der Waals surface area contributed by atoms with E-state index in [4.69, 9.17) is 5.73 Å². The zero-order valence-electron chi connectivity index (χ0n) is 15.2. The van der Waals surface area contributed by atoms with Crippen molar-refractivity contribution in [2.45, 2.75) is 18.6 Å². The number of β-amino-alcohol motifs (C(OH)–C–C–N with tert-alkyl or cyclic N) is 1. The van der Waals surface area contributed by atoms with Crippen LogP contribution in [0.5, 0.6) is 0 Å². The molecule has 0 aliphatic carbocycles. The molecule has 0 spiro atoms. The van der Waals surface area contributed by atoms with Crippen molar-refractivity contribution in [3.63, 3.8) is 0 Å². The third kappa shape index (κ3) is 3.81. The molecular weight excluding hydrogens is 347 g/mol. The van der Waals surface area contributed by atoms with Crippen LogP contribution in [0.2, 0.25) is 0 Å². The Labute approximate surface area is 158 Å². The summed E-state index contributed by atoms with van der Waals surface area (Å²) < 4.78 is 14.0. The molecule has 3 heterocycles. The SMILES string of the molecule is Nc1nccc(N2CCC(N3CCN(c4ccccc4F)CC3)C(O)C2)n1. The van der Waals surface area contributed by atoms with Crippen LogP contribution in [0.4, 0.5) is 21.8 Å². The molecule has 7 nitrogen and oxygen atoms in total. The van der Waals surface area contributed by atoms with E-state index >= 15 is 0 Å². The van der Waals surface area contributed by atoms with Crippen LogP contribution in [-0.4, -0.2) is 71.4 Å². The number of aliphatic hydroxyl groups excluding tert-OH is 1. The van der Waals surface area contributed by atoms with Crippen molar-refractivity contribution in [3.05, 3.63) is 42.3 Å². The standard InChI is InChI=1S/C19H25FN6O/c20-14-3-1-2-4-15(14)24-9-11-25(12-10-24)16-6-8-26(13-17(16)27)18-5-7-22-19(21)23-18/h1-5,7,16-17,27H,6,8-13H2,(H2,21,22,23). The van der Waals surface area contributed by atoms with Crippen molar-refractivity contribution in [1.82, 2.24) is 14.9 Å². The fraction of sp³-hybridized carbons (Fsp3) is 0.474. The molecule has 0 radical (unpaired) electrons. The molecule has 0 saturated carbocycles. The maximum Gasteiger partial charge on any atom is 0.221 e. The average Bonchev–Trinajstić information content (AvgIpc) is 2.69. The van der Waals surface area contributed by atoms with Gasteiger partial charge in [0.05, 0.1) is 11.8 Å². The fourth-order valence-electron chi connectivity index (χ4n) is 4.10. The van der Waals surface area contributed by atoms with E-state index in [1.807, 2.05) is 18.2 Å². The van der Waals surface area contributed by atoms with Gasteiger partial charge in [-0.1, -0.05) is 12.1 Å². The number of piperidine rings is 1. The topological polar surface area (TPSA) is 81.8 Å². The maximum absolute atomic E-state index is 14.0. The van der Waals surface area contributed by atoms with Gasteiger partial charge >= 0.3 is 0 Å². The number of piperazine rings is 1. The Bertz CT molecular complexity index is 782. The molecule has 2 unspecified atom stereocenters. The normalized spacial score (nSPS) is 24.2. The summed E-state index contributed by atoms with van der Waals surface area (Å²) in [6, 6.07) is 8.83. The summed E-state index contributed by atoms with van der Waals surface area (Å²) in [6.07, 6.45) is 2.03. The summed E-state index contributed by atoms with van der Waals surface area (Å²) in [4.78, 5) is 14.6. The highest BCUT2D eigenvalue weighted by molar-refractivity contribution is 5.48. The van der Waals surface area contributed by atoms with Gasteiger partial charge in [-0.2, -0.15) is 4.98 Å². The zero-order valence-corrected chi connectivity index (χ0v) is 15.2. The number of nitrogens with zero attached hydrogens (tertiary/aromatic N) is 5. The lowest BCUT2D eigenvalue weighted by Crippen LogP contribution is -2.59. The van der Waals surface area contributed by atoms with Crippen LogP contribution >= 0.6 is 0 Å². The van der Waals surface area contributed by atoms with E-state index in [1.54, 1.807) is 12.3 Å². The average molecular weight is 372 g/mol. The third-order valence-electron chi connectivity index (χ3n) is 5.51. The first-order chi connectivity index (χ1) is 13.1. The summed E-state index contributed by atoms with van der Waals surface area (Å²) in [7, 11) is 0. The molecule has 8 heteroatoms. The molecule has 2 atom stereocenters. The summed E-state index contributed by atoms with van der Waals surface area (Å²) in [6.45, 7) is 4.49. The van der Waals surface area contributed by atoms with Gasteiger partial charge in [0, 0.05) is 51.5 Å². The smallest absolute Gasteiger partial charge is 0.221 e. The number of benzene rings is 1. The van der Waals surface area contributed by atoms with Crippen LogP contribution < -0.4 is 15.5 Å². The van der Waals surface area contributed by atoms with Crippen molar-refractivity contribution in [3.8, 4) is 0 Å². The van der Waals surface area contributed by atoms with Crippen LogP contribution in [0, 0.1) is 5.82 Å². The number of nitrogens with two attached hydrogens (primary N) is 1. The fourth-order valence-corrected chi connectivity index (χ4v) is 4.10. The Kier molecular flexibility index (Phi) is 5.09. The largest absolute Gasteiger partial charge is 0.390 e. The number of nitrogen functional groups attached to an aromatic ring is 1. The number of halogens is 1. The minimum atomic E-state index is -0.463. The van der Waals surface area contributed by atoms with E-state index in [9.17, 15) is 9.50 Å². The summed E-state index contributed by atoms with van der Waals surface area (Å²) >= 11 is 0. The number of hydrogen-bond acceptors (Lipinski definition) is 7. The van der Waals surface area contributed by atoms with Gasteiger partial charge in [-0.15, -0.1) is 0 Å². The van der Waals surface area contributed by atoms with E-state index in [0.29, 0.717) is 12.2 Å². The lowest BCUT2D eigenvalue weighted by Gasteiger charge is -2.45. The molecule has 2 aliphatic rings. The van der Waals surface area contributed by atoms with Crippen LogP contribution in [0.1, 0.15) is 6.42 Å². The van der Waals surface area contributed by atoms with Gasteiger partial charge in [-0.25, -0.2) is 9.37 Å². The molecule has 27 heavy (non-hydrogen) atoms. The Morgan fingerprint density at radius 3 is 2.52 bits per heavy atom. The second kappa shape index (κ2) is 7.66. The highest BCUT2D eigenvalue weighted by atomic mass is 19.1. The predicted octanol–water partition coefficient (Wildman–Crippen LogP) is 0.960. The van der Waals surface area contributed by atoms with Crippen LogP contribution in [0.3, 0.4) is 0 Å². The van der Waals surface area contributed by atoms with Crippen molar-refractivity contribution >= 4 is 17.5 Å². The van der Waals surface area contributed by atoms with E-state index in [2.05, 4.69) is 24.7 Å². The maximum atomic E-state index is 14.0. The molecule has 4 rings (SSSR count). The molecule has 2 aliphatic heterocycles. The molecule has 2 fully saturated rings. The van der Waals surface area contributed by atoms with Crippen molar-refractivity contribution in [1.29, 1.82) is 0 Å². The molecule has 1 aromatic heterocycles. The highest BCUT2D eigenvalue weighted by Crippen LogP contribution is 2.25. The van der Waals surface area contributed by atoms with Gasteiger partial charge in [-0.3, -0.25) is 4.90 Å². The first-order valence-electron chi connectivity index (χ1n) is 9.37. The summed E-state index contributed by atoms with van der Waals surface area (Å²) in [5.74, 6) is 0.821. The number of hydrogen-bond donors (Lipinski definition) is 2. The number of para-hydroxylation sites is 1. The molecule has 1 aromatic carbocycles. The summed E-state index contributed by atoms with van der Waals surface area (Å²) in [5.41, 5.74) is 6.33. The predicted molar refractivity (Wildman–Crippen MR) is 103 cm³/mol. The first-order valence-corrected chi connectivity index (χ1v) is 9.37. The zero-order chi connectivity index (χ0) is 18.8. The first kappa shape index (κ1) is 17.9. The molecule has 0 bridgehead atoms. The highest BCUT2D eigenvalue weighted by Gasteiger charge is 2.34. The van der Waals surface area contributed by atoms with Gasteiger partial charge in [-0.05, 0) is 24.6 Å². The lowest BCUT2D eigenvalue weighted by molar-refractivity contribution is 0.0336.